The summed E-state index contributed by atoms with van der Waals surface area (Å²) in [4.78, 5) is 38.2. The van der Waals surface area contributed by atoms with E-state index in [1.807, 2.05) is 128 Å². The molecule has 2 amide bonds. The van der Waals surface area contributed by atoms with E-state index in [1.165, 1.54) is 6.92 Å². The molecule has 8 nitrogen and oxygen atoms in total. The maximum absolute atomic E-state index is 13.3. The molecular weight excluding hydrogens is 636 g/mol. The van der Waals surface area contributed by atoms with E-state index in [-0.39, 0.29) is 13.2 Å². The maximum atomic E-state index is 13.3. The summed E-state index contributed by atoms with van der Waals surface area (Å²) < 4.78 is 17.1. The van der Waals surface area contributed by atoms with Crippen LogP contribution in [0, 0.1) is 0 Å². The largest absolute Gasteiger partial charge is 0.459 e. The lowest BCUT2D eigenvalue weighted by molar-refractivity contribution is -0.148. The van der Waals surface area contributed by atoms with Gasteiger partial charge in [0.15, 0.2) is 0 Å². The van der Waals surface area contributed by atoms with E-state index in [0.717, 1.165) is 22.3 Å². The van der Waals surface area contributed by atoms with Crippen LogP contribution in [0.4, 0.5) is 9.59 Å². The van der Waals surface area contributed by atoms with E-state index < -0.39 is 40.7 Å². The highest BCUT2D eigenvalue weighted by Crippen LogP contribution is 2.35. The SMILES string of the molecule is CC(=O)O[C@@H]([C@@H](Br)[C@@](C)(NC(=O)OCc1ccccc1)c1ccccc1)[C@@H](Cc1ccccc1)NC(=O)OCc1ccccc1. The Hall–Kier alpha value is -4.63. The summed E-state index contributed by atoms with van der Waals surface area (Å²) >= 11 is 3.80. The number of nitrogens with one attached hydrogen (secondary N) is 2. The fraction of sp³-hybridized carbons (Fsp3) is 0.250. The van der Waals surface area contributed by atoms with Gasteiger partial charge in [-0.15, -0.1) is 0 Å². The Bertz CT molecular complexity index is 1510. The van der Waals surface area contributed by atoms with Crippen molar-refractivity contribution in [2.24, 2.45) is 0 Å². The van der Waals surface area contributed by atoms with Crippen LogP contribution in [0.15, 0.2) is 121 Å². The Balaban J connectivity index is 1.63. The average molecular weight is 674 g/mol. The van der Waals surface area contributed by atoms with Crippen LogP contribution >= 0.6 is 15.9 Å². The third kappa shape index (κ3) is 9.94. The maximum Gasteiger partial charge on any atom is 0.408 e. The number of alkyl halides is 1. The van der Waals surface area contributed by atoms with Crippen molar-refractivity contribution in [1.82, 2.24) is 10.6 Å². The molecule has 0 unspecified atom stereocenters. The second-order valence-corrected chi connectivity index (χ2v) is 11.7. The molecule has 4 atom stereocenters. The highest BCUT2D eigenvalue weighted by Gasteiger charge is 2.46. The van der Waals surface area contributed by atoms with Crippen molar-refractivity contribution in [3.63, 3.8) is 0 Å². The summed E-state index contributed by atoms with van der Waals surface area (Å²) in [6.07, 6.45) is -1.99. The Morgan fingerprint density at radius 3 is 1.62 bits per heavy atom. The van der Waals surface area contributed by atoms with Crippen LogP contribution in [0.5, 0.6) is 0 Å². The van der Waals surface area contributed by atoms with E-state index in [2.05, 4.69) is 26.6 Å². The van der Waals surface area contributed by atoms with Crippen LogP contribution in [-0.4, -0.2) is 35.1 Å². The minimum atomic E-state index is -1.17. The van der Waals surface area contributed by atoms with Gasteiger partial charge in [-0.1, -0.05) is 137 Å². The van der Waals surface area contributed by atoms with Crippen molar-refractivity contribution in [1.29, 1.82) is 0 Å². The molecule has 0 spiro atoms. The van der Waals surface area contributed by atoms with Gasteiger partial charge >= 0.3 is 18.2 Å². The zero-order chi connectivity index (χ0) is 32.1. The monoisotopic (exact) mass is 672 g/mol. The van der Waals surface area contributed by atoms with Crippen LogP contribution in [0.3, 0.4) is 0 Å². The van der Waals surface area contributed by atoms with E-state index in [4.69, 9.17) is 14.2 Å². The molecule has 2 N–H and O–H groups in total. The standard InChI is InChI=1S/C36H37BrN2O6/c1-26(40)45-32(31(23-27-15-7-3-8-16-27)38-34(41)43-24-28-17-9-4-10-18-28)33(37)36(2,30-21-13-6-14-22-30)39-35(42)44-25-29-19-11-5-12-20-29/h3-22,31-33H,23-25H2,1-2H3,(H,38,41)(H,39,42)/t31-,32-,33-,36+/m1/s1. The minimum Gasteiger partial charge on any atom is -0.459 e. The summed E-state index contributed by atoms with van der Waals surface area (Å²) in [7, 11) is 0. The first-order chi connectivity index (χ1) is 21.7. The van der Waals surface area contributed by atoms with Crippen LogP contribution in [0.25, 0.3) is 0 Å². The number of rotatable bonds is 13. The van der Waals surface area contributed by atoms with Crippen molar-refractivity contribution in [3.8, 4) is 0 Å². The number of carbonyl (C=O) groups is 3. The molecule has 0 saturated heterocycles. The number of benzene rings is 4. The second kappa shape index (κ2) is 16.4. The van der Waals surface area contributed by atoms with Crippen molar-refractivity contribution in [2.45, 2.75) is 56.0 Å². The van der Waals surface area contributed by atoms with Crippen LogP contribution in [0.2, 0.25) is 0 Å². The van der Waals surface area contributed by atoms with Gasteiger partial charge in [0.2, 0.25) is 0 Å². The average Bonchev–Trinajstić information content (AvgIpc) is 3.06. The molecule has 0 bridgehead atoms. The van der Waals surface area contributed by atoms with Gasteiger partial charge in [-0.25, -0.2) is 9.59 Å². The first-order valence-electron chi connectivity index (χ1n) is 14.6. The number of ether oxygens (including phenoxy) is 3. The quantitative estimate of drug-likeness (QED) is 0.0896. The number of halogens is 1. The molecule has 234 valence electrons. The molecule has 4 aromatic rings. The summed E-state index contributed by atoms with van der Waals surface area (Å²) in [5.41, 5.74) is 2.13. The fourth-order valence-corrected chi connectivity index (χ4v) is 5.81. The molecule has 0 heterocycles. The van der Waals surface area contributed by atoms with Gasteiger partial charge in [-0.3, -0.25) is 4.79 Å². The third-order valence-corrected chi connectivity index (χ3v) is 8.74. The third-order valence-electron chi connectivity index (χ3n) is 7.30. The molecule has 4 rings (SSSR count). The van der Waals surface area contributed by atoms with Gasteiger partial charge in [0, 0.05) is 6.92 Å². The molecular formula is C36H37BrN2O6. The Labute approximate surface area is 272 Å². The molecule has 0 aliphatic carbocycles. The first kappa shape index (κ1) is 33.3. The molecule has 0 aliphatic rings. The van der Waals surface area contributed by atoms with E-state index in [0.29, 0.717) is 6.42 Å². The van der Waals surface area contributed by atoms with Crippen molar-refractivity contribution in [2.75, 3.05) is 0 Å². The molecule has 0 aliphatic heterocycles. The fourth-order valence-electron chi connectivity index (χ4n) is 4.96. The second-order valence-electron chi connectivity index (χ2n) is 10.7. The van der Waals surface area contributed by atoms with Crippen LogP contribution < -0.4 is 10.6 Å². The molecule has 45 heavy (non-hydrogen) atoms. The van der Waals surface area contributed by atoms with Crippen LogP contribution in [0.1, 0.15) is 36.1 Å². The predicted octanol–water partition coefficient (Wildman–Crippen LogP) is 7.06. The molecule has 0 radical (unpaired) electrons. The summed E-state index contributed by atoms with van der Waals surface area (Å²) in [6, 6.07) is 36.8. The molecule has 0 fully saturated rings. The van der Waals surface area contributed by atoms with Gasteiger partial charge in [0.1, 0.15) is 19.3 Å². The van der Waals surface area contributed by atoms with Crippen molar-refractivity contribution in [3.05, 3.63) is 144 Å². The Morgan fingerprint density at radius 1 is 0.689 bits per heavy atom. The number of esters is 1. The topological polar surface area (TPSA) is 103 Å². The van der Waals surface area contributed by atoms with Crippen molar-refractivity contribution >= 4 is 34.1 Å². The van der Waals surface area contributed by atoms with Gasteiger partial charge in [0.05, 0.1) is 16.4 Å². The lowest BCUT2D eigenvalue weighted by atomic mass is 9.83. The predicted molar refractivity (Wildman–Crippen MR) is 176 cm³/mol. The van der Waals surface area contributed by atoms with Gasteiger partial charge in [-0.05, 0) is 35.6 Å². The first-order valence-corrected chi connectivity index (χ1v) is 15.5. The summed E-state index contributed by atoms with van der Waals surface area (Å²) in [5.74, 6) is -0.552. The summed E-state index contributed by atoms with van der Waals surface area (Å²) in [5, 5.41) is 5.94. The Kier molecular flexibility index (Phi) is 12.2. The summed E-state index contributed by atoms with van der Waals surface area (Å²) in [6.45, 7) is 3.26. The normalized spacial score (nSPS) is 14.1. The van der Waals surface area contributed by atoms with Gasteiger partial charge < -0.3 is 24.8 Å². The van der Waals surface area contributed by atoms with E-state index >= 15 is 0 Å². The van der Waals surface area contributed by atoms with Gasteiger partial charge in [-0.2, -0.15) is 0 Å². The zero-order valence-corrected chi connectivity index (χ0v) is 26.8. The van der Waals surface area contributed by atoms with Crippen LogP contribution in [-0.2, 0) is 44.2 Å². The molecule has 4 aromatic carbocycles. The zero-order valence-electron chi connectivity index (χ0n) is 25.2. The van der Waals surface area contributed by atoms with E-state index in [1.54, 1.807) is 0 Å². The Morgan fingerprint density at radius 2 is 1.13 bits per heavy atom. The highest BCUT2D eigenvalue weighted by atomic mass is 79.9. The highest BCUT2D eigenvalue weighted by molar-refractivity contribution is 9.09. The number of alkyl carbamates (subject to hydrolysis) is 2. The number of hydrogen-bond donors (Lipinski definition) is 2. The smallest absolute Gasteiger partial charge is 0.408 e. The molecule has 0 aromatic heterocycles. The van der Waals surface area contributed by atoms with Gasteiger partial charge in [0.25, 0.3) is 0 Å². The number of carbonyl (C=O) groups excluding carboxylic acids is 3. The van der Waals surface area contributed by atoms with Crippen molar-refractivity contribution < 1.29 is 28.6 Å². The lowest BCUT2D eigenvalue weighted by Crippen LogP contribution is -2.60. The lowest BCUT2D eigenvalue weighted by Gasteiger charge is -2.41. The number of amides is 2. The molecule has 9 heteroatoms. The minimum absolute atomic E-state index is 0.0667. The van der Waals surface area contributed by atoms with E-state index in [9.17, 15) is 14.4 Å². The number of hydrogen-bond acceptors (Lipinski definition) is 6. The molecule has 0 saturated carbocycles.